The molecular formula is C14H25NO. The molecule has 0 amide bonds. The van der Waals surface area contributed by atoms with Crippen molar-refractivity contribution in [2.75, 3.05) is 14.2 Å². The van der Waals surface area contributed by atoms with Crippen LogP contribution in [0.5, 0.6) is 0 Å². The SMILES string of the molecule is CC#CCC(NC)C(OC)C1CCCCC1. The molecule has 2 atom stereocenters. The molecule has 2 nitrogen and oxygen atoms in total. The summed E-state index contributed by atoms with van der Waals surface area (Å²) in [5.41, 5.74) is 0. The molecule has 92 valence electrons. The van der Waals surface area contributed by atoms with Crippen LogP contribution in [0.3, 0.4) is 0 Å². The van der Waals surface area contributed by atoms with Gasteiger partial charge in [0.2, 0.25) is 0 Å². The van der Waals surface area contributed by atoms with Crippen molar-refractivity contribution in [2.24, 2.45) is 5.92 Å². The Morgan fingerprint density at radius 3 is 2.50 bits per heavy atom. The van der Waals surface area contributed by atoms with Gasteiger partial charge in [0.1, 0.15) is 0 Å². The highest BCUT2D eigenvalue weighted by molar-refractivity contribution is 5.00. The first-order valence-electron chi connectivity index (χ1n) is 6.43. The summed E-state index contributed by atoms with van der Waals surface area (Å²) in [5, 5.41) is 3.36. The Morgan fingerprint density at radius 2 is 2.00 bits per heavy atom. The van der Waals surface area contributed by atoms with Crippen LogP contribution in [0, 0.1) is 17.8 Å². The molecule has 0 aromatic rings. The number of hydrogen-bond acceptors (Lipinski definition) is 2. The van der Waals surface area contributed by atoms with Gasteiger partial charge in [0.15, 0.2) is 0 Å². The molecule has 1 rings (SSSR count). The van der Waals surface area contributed by atoms with Gasteiger partial charge in [-0.3, -0.25) is 0 Å². The summed E-state index contributed by atoms with van der Waals surface area (Å²) in [6.45, 7) is 1.90. The van der Waals surface area contributed by atoms with E-state index < -0.39 is 0 Å². The van der Waals surface area contributed by atoms with Gasteiger partial charge in [-0.2, -0.15) is 0 Å². The number of methoxy groups -OCH3 is 1. The van der Waals surface area contributed by atoms with E-state index in [1.165, 1.54) is 32.1 Å². The van der Waals surface area contributed by atoms with Gasteiger partial charge in [-0.25, -0.2) is 0 Å². The Bertz CT molecular complexity index is 235. The van der Waals surface area contributed by atoms with E-state index in [2.05, 4.69) is 17.2 Å². The molecule has 0 heterocycles. The molecule has 0 bridgehead atoms. The molecule has 1 saturated carbocycles. The molecule has 1 aliphatic carbocycles. The molecule has 0 spiro atoms. The van der Waals surface area contributed by atoms with Gasteiger partial charge in [0, 0.05) is 19.6 Å². The van der Waals surface area contributed by atoms with E-state index in [1.54, 1.807) is 0 Å². The number of nitrogens with one attached hydrogen (secondary N) is 1. The van der Waals surface area contributed by atoms with E-state index in [4.69, 9.17) is 4.74 Å². The largest absolute Gasteiger partial charge is 0.380 e. The molecule has 2 heteroatoms. The summed E-state index contributed by atoms with van der Waals surface area (Å²) in [6, 6.07) is 0.376. The first kappa shape index (κ1) is 13.5. The molecule has 16 heavy (non-hydrogen) atoms. The fraction of sp³-hybridized carbons (Fsp3) is 0.857. The summed E-state index contributed by atoms with van der Waals surface area (Å²) in [7, 11) is 3.85. The molecule has 1 N–H and O–H groups in total. The molecule has 0 radical (unpaired) electrons. The lowest BCUT2D eigenvalue weighted by Gasteiger charge is -2.34. The van der Waals surface area contributed by atoms with E-state index in [0.717, 1.165) is 12.3 Å². The van der Waals surface area contributed by atoms with Gasteiger partial charge in [-0.05, 0) is 32.7 Å². The lowest BCUT2D eigenvalue weighted by Crippen LogP contribution is -2.43. The minimum absolute atomic E-state index is 0.325. The maximum absolute atomic E-state index is 5.71. The number of likely N-dealkylation sites (N-methyl/N-ethyl adjacent to an activating group) is 1. The lowest BCUT2D eigenvalue weighted by molar-refractivity contribution is 0.0113. The minimum Gasteiger partial charge on any atom is -0.380 e. The van der Waals surface area contributed by atoms with E-state index in [0.29, 0.717) is 12.1 Å². The van der Waals surface area contributed by atoms with Crippen LogP contribution in [-0.4, -0.2) is 26.3 Å². The van der Waals surface area contributed by atoms with Gasteiger partial charge in [-0.1, -0.05) is 19.3 Å². The molecule has 1 aliphatic rings. The van der Waals surface area contributed by atoms with Gasteiger partial charge in [0.05, 0.1) is 6.10 Å². The highest BCUT2D eigenvalue weighted by Gasteiger charge is 2.29. The molecule has 0 aromatic carbocycles. The lowest BCUT2D eigenvalue weighted by atomic mass is 9.82. The summed E-state index contributed by atoms with van der Waals surface area (Å²) in [6.07, 6.45) is 7.97. The Hall–Kier alpha value is -0.520. The Kier molecular flexibility index (Phi) is 6.52. The van der Waals surface area contributed by atoms with Crippen molar-refractivity contribution in [3.05, 3.63) is 0 Å². The third-order valence-electron chi connectivity index (χ3n) is 3.65. The quantitative estimate of drug-likeness (QED) is 0.723. The normalized spacial score (nSPS) is 20.9. The summed E-state index contributed by atoms with van der Waals surface area (Å²) < 4.78 is 5.71. The van der Waals surface area contributed by atoms with Gasteiger partial charge in [-0.15, -0.1) is 11.8 Å². The number of ether oxygens (including phenoxy) is 1. The fourth-order valence-electron chi connectivity index (χ4n) is 2.74. The molecule has 0 aliphatic heterocycles. The number of hydrogen-bond donors (Lipinski definition) is 1. The monoisotopic (exact) mass is 223 g/mol. The molecule has 0 saturated heterocycles. The van der Waals surface area contributed by atoms with Crippen LogP contribution in [0.2, 0.25) is 0 Å². The Labute approximate surface area is 100 Å². The molecule has 1 fully saturated rings. The van der Waals surface area contributed by atoms with Gasteiger partial charge < -0.3 is 10.1 Å². The predicted octanol–water partition coefficient (Wildman–Crippen LogP) is 2.58. The van der Waals surface area contributed by atoms with Crippen molar-refractivity contribution in [2.45, 2.75) is 57.6 Å². The second-order valence-corrected chi connectivity index (χ2v) is 4.62. The highest BCUT2D eigenvalue weighted by Crippen LogP contribution is 2.29. The second kappa shape index (κ2) is 7.70. The maximum Gasteiger partial charge on any atom is 0.0761 e. The zero-order valence-corrected chi connectivity index (χ0v) is 10.9. The number of rotatable bonds is 5. The van der Waals surface area contributed by atoms with Gasteiger partial charge in [0.25, 0.3) is 0 Å². The third-order valence-corrected chi connectivity index (χ3v) is 3.65. The standard InChI is InChI=1S/C14H25NO/c1-4-5-11-13(15-2)14(16-3)12-9-7-6-8-10-12/h12-15H,6-11H2,1-3H3. The summed E-state index contributed by atoms with van der Waals surface area (Å²) >= 11 is 0. The van der Waals surface area contributed by atoms with Crippen LogP contribution >= 0.6 is 0 Å². The van der Waals surface area contributed by atoms with Crippen molar-refractivity contribution in [3.63, 3.8) is 0 Å². The van der Waals surface area contributed by atoms with Gasteiger partial charge >= 0.3 is 0 Å². The fourth-order valence-corrected chi connectivity index (χ4v) is 2.74. The highest BCUT2D eigenvalue weighted by atomic mass is 16.5. The van der Waals surface area contributed by atoms with E-state index >= 15 is 0 Å². The third kappa shape index (κ3) is 3.81. The molecular weight excluding hydrogens is 198 g/mol. The van der Waals surface area contributed by atoms with Crippen molar-refractivity contribution < 1.29 is 4.74 Å². The first-order valence-corrected chi connectivity index (χ1v) is 6.43. The molecule has 2 unspecified atom stereocenters. The topological polar surface area (TPSA) is 21.3 Å². The Balaban J connectivity index is 2.56. The maximum atomic E-state index is 5.71. The van der Waals surface area contributed by atoms with Crippen LogP contribution in [0.1, 0.15) is 45.4 Å². The average molecular weight is 223 g/mol. The summed E-state index contributed by atoms with van der Waals surface area (Å²) in [5.74, 6) is 6.85. The van der Waals surface area contributed by atoms with E-state index in [1.807, 2.05) is 21.1 Å². The average Bonchev–Trinajstić information content (AvgIpc) is 2.35. The van der Waals surface area contributed by atoms with Crippen molar-refractivity contribution in [3.8, 4) is 11.8 Å². The second-order valence-electron chi connectivity index (χ2n) is 4.62. The zero-order chi connectivity index (χ0) is 11.8. The van der Waals surface area contributed by atoms with Crippen molar-refractivity contribution >= 4 is 0 Å². The first-order chi connectivity index (χ1) is 7.83. The van der Waals surface area contributed by atoms with E-state index in [9.17, 15) is 0 Å². The predicted molar refractivity (Wildman–Crippen MR) is 68.3 cm³/mol. The van der Waals surface area contributed by atoms with Crippen LogP contribution in [0.15, 0.2) is 0 Å². The van der Waals surface area contributed by atoms with Crippen molar-refractivity contribution in [1.82, 2.24) is 5.32 Å². The van der Waals surface area contributed by atoms with E-state index in [-0.39, 0.29) is 0 Å². The van der Waals surface area contributed by atoms with Crippen LogP contribution in [0.25, 0.3) is 0 Å². The Morgan fingerprint density at radius 1 is 1.31 bits per heavy atom. The van der Waals surface area contributed by atoms with Crippen molar-refractivity contribution in [1.29, 1.82) is 0 Å². The van der Waals surface area contributed by atoms with Crippen LogP contribution in [0.4, 0.5) is 0 Å². The molecule has 0 aromatic heterocycles. The van der Waals surface area contributed by atoms with Crippen LogP contribution in [-0.2, 0) is 4.74 Å². The van der Waals surface area contributed by atoms with Crippen LogP contribution < -0.4 is 5.32 Å². The summed E-state index contributed by atoms with van der Waals surface area (Å²) in [4.78, 5) is 0. The smallest absolute Gasteiger partial charge is 0.0761 e. The zero-order valence-electron chi connectivity index (χ0n) is 10.9. The minimum atomic E-state index is 0.325.